The zero-order chi connectivity index (χ0) is 47.5. The van der Waals surface area contributed by atoms with Crippen molar-refractivity contribution < 1.29 is 4.57 Å². The summed E-state index contributed by atoms with van der Waals surface area (Å²) in [5.41, 5.74) is 13.2. The molecule has 72 heavy (non-hydrogen) atoms. The molecule has 0 aliphatic heterocycles. The lowest BCUT2D eigenvalue weighted by atomic mass is 10.1. The summed E-state index contributed by atoms with van der Waals surface area (Å²) < 4.78 is 26.4. The maximum absolute atomic E-state index is 17.0. The summed E-state index contributed by atoms with van der Waals surface area (Å²) in [5, 5.41) is 11.5. The van der Waals surface area contributed by atoms with Crippen LogP contribution in [0.4, 0.5) is 0 Å². The van der Waals surface area contributed by atoms with Crippen LogP contribution in [0, 0.1) is 0 Å². The Kier molecular flexibility index (Phi) is 8.87. The quantitative estimate of drug-likeness (QED) is 0.147. The van der Waals surface area contributed by atoms with Crippen LogP contribution in [-0.4, -0.2) is 18.3 Å². The van der Waals surface area contributed by atoms with Gasteiger partial charge in [0, 0.05) is 81.8 Å². The Balaban J connectivity index is 0.987. The van der Waals surface area contributed by atoms with Crippen molar-refractivity contribution >= 4 is 110 Å². The highest BCUT2D eigenvalue weighted by Crippen LogP contribution is 2.47. The second-order valence-electron chi connectivity index (χ2n) is 18.8. The standard InChI is InChI=1S/C66H43N4OP/c71-72(48-22-8-3-9-23-48,49-34-38-65-57(42-49)55-40-46(32-36-63(55)67(65)44-18-4-1-5-19-44)69-59-28-14-10-24-51(59)52-25-11-15-29-60(52)69)50-35-39-66-58(43-50)56-41-47(33-37-64(56)68(66)45-20-6-2-7-21-45)70-61-30-16-12-26-53(61)54-27-13-17-31-62(54)70/h1-43H. The van der Waals surface area contributed by atoms with E-state index in [0.29, 0.717) is 0 Å². The average Bonchev–Trinajstić information content (AvgIpc) is 4.18. The second-order valence-corrected chi connectivity index (χ2v) is 21.6. The van der Waals surface area contributed by atoms with Crippen molar-refractivity contribution in [2.24, 2.45) is 0 Å². The van der Waals surface area contributed by atoms with Gasteiger partial charge in [-0.25, -0.2) is 0 Å². The Morgan fingerprint density at radius 3 is 0.861 bits per heavy atom. The minimum atomic E-state index is -3.55. The van der Waals surface area contributed by atoms with E-state index in [4.69, 9.17) is 0 Å². The zero-order valence-corrected chi connectivity index (χ0v) is 39.9. The Hall–Kier alpha value is -9.15. The van der Waals surface area contributed by atoms with Gasteiger partial charge >= 0.3 is 0 Å². The van der Waals surface area contributed by atoms with E-state index in [1.807, 2.05) is 30.3 Å². The summed E-state index contributed by atoms with van der Waals surface area (Å²) in [5.74, 6) is 0. The highest BCUT2D eigenvalue weighted by atomic mass is 31.2. The summed E-state index contributed by atoms with van der Waals surface area (Å²) in [6, 6.07) is 92.5. The average molecular weight is 939 g/mol. The third-order valence-corrected chi connectivity index (χ3v) is 18.1. The number of benzene rings is 11. The molecule has 4 heterocycles. The molecule has 15 aromatic rings. The van der Waals surface area contributed by atoms with Crippen LogP contribution < -0.4 is 15.9 Å². The zero-order valence-electron chi connectivity index (χ0n) is 39.0. The van der Waals surface area contributed by atoms with E-state index in [1.165, 1.54) is 21.5 Å². The van der Waals surface area contributed by atoms with Gasteiger partial charge in [-0.1, -0.05) is 140 Å². The fourth-order valence-electron chi connectivity index (χ4n) is 11.9. The Morgan fingerprint density at radius 2 is 0.486 bits per heavy atom. The number of hydrogen-bond donors (Lipinski definition) is 0. The molecule has 338 valence electrons. The van der Waals surface area contributed by atoms with Crippen LogP contribution in [0.15, 0.2) is 261 Å². The lowest BCUT2D eigenvalue weighted by Gasteiger charge is -2.21. The predicted molar refractivity (Wildman–Crippen MR) is 303 cm³/mol. The van der Waals surface area contributed by atoms with E-state index in [0.717, 1.165) is 104 Å². The Morgan fingerprint density at radius 1 is 0.208 bits per heavy atom. The maximum Gasteiger partial charge on any atom is 0.171 e. The maximum atomic E-state index is 17.0. The van der Waals surface area contributed by atoms with Crippen molar-refractivity contribution in [3.8, 4) is 22.7 Å². The van der Waals surface area contributed by atoms with Crippen LogP contribution in [-0.2, 0) is 4.57 Å². The van der Waals surface area contributed by atoms with E-state index in [1.54, 1.807) is 0 Å². The molecule has 0 atom stereocenters. The third-order valence-electron chi connectivity index (χ3n) is 15.0. The van der Waals surface area contributed by atoms with Crippen LogP contribution in [0.5, 0.6) is 0 Å². The third kappa shape index (κ3) is 5.86. The summed E-state index contributed by atoms with van der Waals surface area (Å²) >= 11 is 0. The number of rotatable bonds is 7. The molecule has 0 amide bonds. The van der Waals surface area contributed by atoms with E-state index in [9.17, 15) is 0 Å². The van der Waals surface area contributed by atoms with Crippen LogP contribution in [0.3, 0.4) is 0 Å². The minimum Gasteiger partial charge on any atom is -0.309 e. The van der Waals surface area contributed by atoms with Gasteiger partial charge in [0.25, 0.3) is 0 Å². The van der Waals surface area contributed by atoms with Gasteiger partial charge in [-0.05, 0) is 121 Å². The second kappa shape index (κ2) is 15.7. The summed E-state index contributed by atoms with van der Waals surface area (Å²) in [7, 11) is -3.55. The van der Waals surface area contributed by atoms with E-state index >= 15 is 4.57 Å². The number of aromatic nitrogens is 4. The molecule has 0 radical (unpaired) electrons. The van der Waals surface area contributed by atoms with Gasteiger partial charge in [0.2, 0.25) is 0 Å². The number of para-hydroxylation sites is 6. The molecule has 5 nitrogen and oxygen atoms in total. The monoisotopic (exact) mass is 938 g/mol. The van der Waals surface area contributed by atoms with Crippen LogP contribution in [0.1, 0.15) is 0 Å². The first kappa shape index (κ1) is 40.7. The first-order valence-electron chi connectivity index (χ1n) is 24.5. The normalized spacial score (nSPS) is 12.2. The molecule has 0 spiro atoms. The molecule has 0 aliphatic carbocycles. The van der Waals surface area contributed by atoms with Crippen molar-refractivity contribution in [1.29, 1.82) is 0 Å². The summed E-state index contributed by atoms with van der Waals surface area (Å²) in [6.45, 7) is 0. The van der Waals surface area contributed by atoms with E-state index < -0.39 is 7.14 Å². The molecule has 0 saturated carbocycles. The van der Waals surface area contributed by atoms with Gasteiger partial charge in [-0.2, -0.15) is 0 Å². The van der Waals surface area contributed by atoms with Crippen molar-refractivity contribution in [2.45, 2.75) is 0 Å². The topological polar surface area (TPSA) is 36.8 Å². The molecule has 11 aromatic carbocycles. The molecule has 0 saturated heterocycles. The number of fused-ring (bicyclic) bond motifs is 12. The van der Waals surface area contributed by atoms with Crippen molar-refractivity contribution in [2.75, 3.05) is 0 Å². The first-order valence-corrected chi connectivity index (χ1v) is 26.2. The lowest BCUT2D eigenvalue weighted by Crippen LogP contribution is -2.25. The SMILES string of the molecule is O=P(c1ccccc1)(c1ccc2c(c1)c1cc(-n3c4ccccc4c4ccccc43)ccc1n2-c1ccccc1)c1ccc2c(c1)c1cc(-n3c4ccccc4c4ccccc43)ccc1n2-c1ccccc1. The summed E-state index contributed by atoms with van der Waals surface area (Å²) in [6.07, 6.45) is 0. The van der Waals surface area contributed by atoms with Crippen molar-refractivity contribution in [3.05, 3.63) is 261 Å². The van der Waals surface area contributed by atoms with Gasteiger partial charge in [0.1, 0.15) is 0 Å². The van der Waals surface area contributed by atoms with Gasteiger partial charge in [-0.15, -0.1) is 0 Å². The smallest absolute Gasteiger partial charge is 0.171 e. The van der Waals surface area contributed by atoms with Crippen LogP contribution in [0.2, 0.25) is 0 Å². The highest BCUT2D eigenvalue weighted by molar-refractivity contribution is 7.85. The fourth-order valence-corrected chi connectivity index (χ4v) is 14.5. The molecule has 0 unspecified atom stereocenters. The predicted octanol–water partition coefficient (Wildman–Crippen LogP) is 15.7. The molecule has 0 bridgehead atoms. The molecular formula is C66H43N4OP. The van der Waals surface area contributed by atoms with Crippen molar-refractivity contribution in [1.82, 2.24) is 18.3 Å². The molecule has 0 fully saturated rings. The first-order chi connectivity index (χ1) is 35.6. The number of hydrogen-bond acceptors (Lipinski definition) is 1. The summed E-state index contributed by atoms with van der Waals surface area (Å²) in [4.78, 5) is 0. The molecular weight excluding hydrogens is 896 g/mol. The molecule has 0 aliphatic rings. The number of nitrogens with zero attached hydrogens (tertiary/aromatic N) is 4. The van der Waals surface area contributed by atoms with E-state index in [2.05, 4.69) is 249 Å². The van der Waals surface area contributed by atoms with Crippen LogP contribution in [0.25, 0.3) is 110 Å². The molecule has 15 rings (SSSR count). The Bertz CT molecular complexity index is 4330. The van der Waals surface area contributed by atoms with E-state index in [-0.39, 0.29) is 0 Å². The molecule has 0 N–H and O–H groups in total. The van der Waals surface area contributed by atoms with Gasteiger partial charge in [0.05, 0.1) is 44.1 Å². The van der Waals surface area contributed by atoms with Gasteiger partial charge in [-0.3, -0.25) is 0 Å². The van der Waals surface area contributed by atoms with Gasteiger partial charge < -0.3 is 22.8 Å². The lowest BCUT2D eigenvalue weighted by molar-refractivity contribution is 0.592. The molecule has 6 heteroatoms. The highest BCUT2D eigenvalue weighted by Gasteiger charge is 2.32. The fraction of sp³-hybridized carbons (Fsp3) is 0. The van der Waals surface area contributed by atoms with Crippen LogP contribution >= 0.6 is 7.14 Å². The minimum absolute atomic E-state index is 0.785. The largest absolute Gasteiger partial charge is 0.309 e. The molecule has 4 aromatic heterocycles. The Labute approximate surface area is 414 Å². The van der Waals surface area contributed by atoms with Crippen molar-refractivity contribution in [3.63, 3.8) is 0 Å². The van der Waals surface area contributed by atoms with Gasteiger partial charge in [0.15, 0.2) is 7.14 Å².